The van der Waals surface area contributed by atoms with Crippen LogP contribution < -0.4 is 5.32 Å². The second kappa shape index (κ2) is 10.2. The van der Waals surface area contributed by atoms with Crippen molar-refractivity contribution in [1.82, 2.24) is 20.1 Å². The molecule has 0 saturated heterocycles. The quantitative estimate of drug-likeness (QED) is 0.498. The molecule has 1 N–H and O–H groups in total. The maximum atomic E-state index is 13.0. The van der Waals surface area contributed by atoms with Crippen molar-refractivity contribution in [2.75, 3.05) is 5.75 Å². The summed E-state index contributed by atoms with van der Waals surface area (Å²) in [6.45, 7) is 0.388. The van der Waals surface area contributed by atoms with Crippen LogP contribution in [0, 0.1) is 5.82 Å². The predicted molar refractivity (Wildman–Crippen MR) is 118 cm³/mol. The molecular weight excluding hydrogens is 419 g/mol. The highest BCUT2D eigenvalue weighted by Crippen LogP contribution is 2.33. The first kappa shape index (κ1) is 21.1. The molecule has 0 radical (unpaired) electrons. The molecule has 0 bridgehead atoms. The smallest absolute Gasteiger partial charge is 0.230 e. The van der Waals surface area contributed by atoms with E-state index in [2.05, 4.69) is 37.6 Å². The van der Waals surface area contributed by atoms with Crippen LogP contribution in [0.4, 0.5) is 4.39 Å². The van der Waals surface area contributed by atoms with Crippen LogP contribution in [0.5, 0.6) is 0 Å². The molecule has 1 aliphatic carbocycles. The van der Waals surface area contributed by atoms with Crippen molar-refractivity contribution in [1.29, 1.82) is 0 Å². The molecular formula is C22H25FN4OS2. The number of nitrogens with zero attached hydrogens (tertiary/aromatic N) is 3. The van der Waals surface area contributed by atoms with Gasteiger partial charge in [0.2, 0.25) is 5.91 Å². The van der Waals surface area contributed by atoms with Gasteiger partial charge in [-0.3, -0.25) is 4.79 Å². The van der Waals surface area contributed by atoms with Crippen molar-refractivity contribution in [2.24, 2.45) is 0 Å². The fourth-order valence-electron chi connectivity index (χ4n) is 3.79. The van der Waals surface area contributed by atoms with E-state index in [-0.39, 0.29) is 17.5 Å². The molecule has 0 atom stereocenters. The van der Waals surface area contributed by atoms with Crippen molar-refractivity contribution in [2.45, 2.75) is 56.3 Å². The van der Waals surface area contributed by atoms with E-state index in [1.54, 1.807) is 23.5 Å². The van der Waals surface area contributed by atoms with Crippen molar-refractivity contribution >= 4 is 29.0 Å². The molecule has 1 saturated carbocycles. The van der Waals surface area contributed by atoms with Gasteiger partial charge in [-0.05, 0) is 42.0 Å². The summed E-state index contributed by atoms with van der Waals surface area (Å²) in [6, 6.07) is 10.8. The lowest BCUT2D eigenvalue weighted by Gasteiger charge is -2.25. The van der Waals surface area contributed by atoms with Crippen molar-refractivity contribution < 1.29 is 9.18 Å². The van der Waals surface area contributed by atoms with E-state index in [0.717, 1.165) is 35.8 Å². The number of thiophene rings is 1. The Labute approximate surface area is 184 Å². The highest BCUT2D eigenvalue weighted by atomic mass is 32.2. The predicted octanol–water partition coefficient (Wildman–Crippen LogP) is 4.98. The Morgan fingerprint density at radius 1 is 1.17 bits per heavy atom. The number of hydrogen-bond donors (Lipinski definition) is 1. The van der Waals surface area contributed by atoms with E-state index >= 15 is 0 Å². The SMILES string of the molecule is O=C(CSc1nnc(Cc2cccs2)n1C1CCCCC1)NCc1ccc(F)cc1. The zero-order valence-electron chi connectivity index (χ0n) is 16.7. The van der Waals surface area contributed by atoms with Crippen LogP contribution in [-0.2, 0) is 17.8 Å². The Hall–Kier alpha value is -2.19. The van der Waals surface area contributed by atoms with Crippen LogP contribution >= 0.6 is 23.1 Å². The molecule has 158 valence electrons. The number of benzene rings is 1. The second-order valence-electron chi connectivity index (χ2n) is 7.51. The number of hydrogen-bond acceptors (Lipinski definition) is 5. The molecule has 3 aromatic rings. The van der Waals surface area contributed by atoms with Gasteiger partial charge in [0, 0.05) is 23.9 Å². The molecule has 5 nitrogen and oxygen atoms in total. The fraction of sp³-hybridized carbons (Fsp3) is 0.409. The standard InChI is InChI=1S/C22H25FN4OS2/c23-17-10-8-16(9-11-17)14-24-21(28)15-30-22-26-25-20(13-19-7-4-12-29-19)27(22)18-5-2-1-3-6-18/h4,7-12,18H,1-3,5-6,13-15H2,(H,24,28). The molecule has 1 aliphatic rings. The average molecular weight is 445 g/mol. The Bertz CT molecular complexity index is 950. The zero-order valence-corrected chi connectivity index (χ0v) is 18.4. The van der Waals surface area contributed by atoms with Crippen molar-refractivity contribution in [3.63, 3.8) is 0 Å². The first-order valence-corrected chi connectivity index (χ1v) is 12.2. The molecule has 0 spiro atoms. The maximum Gasteiger partial charge on any atom is 0.230 e. The second-order valence-corrected chi connectivity index (χ2v) is 9.48. The summed E-state index contributed by atoms with van der Waals surface area (Å²) >= 11 is 3.17. The van der Waals surface area contributed by atoms with Gasteiger partial charge in [0.1, 0.15) is 11.6 Å². The first-order valence-electron chi connectivity index (χ1n) is 10.3. The Morgan fingerprint density at radius 2 is 1.97 bits per heavy atom. The molecule has 2 aromatic heterocycles. The molecule has 8 heteroatoms. The first-order chi connectivity index (χ1) is 14.7. The number of carbonyl (C=O) groups is 1. The van der Waals surface area contributed by atoms with Crippen LogP contribution in [0.25, 0.3) is 0 Å². The minimum Gasteiger partial charge on any atom is -0.351 e. The monoisotopic (exact) mass is 444 g/mol. The topological polar surface area (TPSA) is 59.8 Å². The van der Waals surface area contributed by atoms with Gasteiger partial charge in [0.15, 0.2) is 5.16 Å². The van der Waals surface area contributed by atoms with E-state index in [1.165, 1.54) is 48.0 Å². The number of halogens is 1. The highest BCUT2D eigenvalue weighted by molar-refractivity contribution is 7.99. The molecule has 1 fully saturated rings. The summed E-state index contributed by atoms with van der Waals surface area (Å²) in [4.78, 5) is 13.6. The van der Waals surface area contributed by atoms with Crippen LogP contribution in [0.3, 0.4) is 0 Å². The lowest BCUT2D eigenvalue weighted by atomic mass is 9.95. The molecule has 1 aromatic carbocycles. The summed E-state index contributed by atoms with van der Waals surface area (Å²) < 4.78 is 15.3. The van der Waals surface area contributed by atoms with Gasteiger partial charge in [-0.1, -0.05) is 49.2 Å². The largest absolute Gasteiger partial charge is 0.351 e. The summed E-state index contributed by atoms with van der Waals surface area (Å²) in [5.74, 6) is 0.923. The molecule has 0 unspecified atom stereocenters. The summed E-state index contributed by atoms with van der Waals surface area (Å²) in [5.41, 5.74) is 0.873. The molecule has 1 amide bonds. The van der Waals surface area contributed by atoms with Crippen LogP contribution in [0.1, 0.15) is 54.4 Å². The minimum absolute atomic E-state index is 0.0673. The molecule has 0 aliphatic heterocycles. The lowest BCUT2D eigenvalue weighted by molar-refractivity contribution is -0.118. The third-order valence-corrected chi connectivity index (χ3v) is 7.14. The van der Waals surface area contributed by atoms with Gasteiger partial charge in [0.05, 0.1) is 5.75 Å². The minimum atomic E-state index is -0.277. The van der Waals surface area contributed by atoms with E-state index in [9.17, 15) is 9.18 Å². The zero-order chi connectivity index (χ0) is 20.8. The normalized spacial score (nSPS) is 14.7. The van der Waals surface area contributed by atoms with Crippen LogP contribution in [-0.4, -0.2) is 26.4 Å². The Morgan fingerprint density at radius 3 is 2.70 bits per heavy atom. The third-order valence-electron chi connectivity index (χ3n) is 5.32. The van der Waals surface area contributed by atoms with Gasteiger partial charge in [0.25, 0.3) is 0 Å². The number of carbonyl (C=O) groups excluding carboxylic acids is 1. The van der Waals surface area contributed by atoms with Gasteiger partial charge in [-0.25, -0.2) is 4.39 Å². The highest BCUT2D eigenvalue weighted by Gasteiger charge is 2.23. The van der Waals surface area contributed by atoms with E-state index in [0.29, 0.717) is 12.6 Å². The Kier molecular flexibility index (Phi) is 7.17. The molecule has 30 heavy (non-hydrogen) atoms. The van der Waals surface area contributed by atoms with E-state index in [1.807, 2.05) is 0 Å². The lowest BCUT2D eigenvalue weighted by Crippen LogP contribution is -2.25. The van der Waals surface area contributed by atoms with Gasteiger partial charge in [-0.2, -0.15) is 0 Å². The maximum absolute atomic E-state index is 13.0. The number of nitrogens with one attached hydrogen (secondary N) is 1. The summed E-state index contributed by atoms with van der Waals surface area (Å²) in [5, 5.41) is 14.7. The summed E-state index contributed by atoms with van der Waals surface area (Å²) in [7, 11) is 0. The van der Waals surface area contributed by atoms with E-state index < -0.39 is 0 Å². The number of amides is 1. The number of rotatable bonds is 8. The van der Waals surface area contributed by atoms with E-state index in [4.69, 9.17) is 0 Å². The number of aromatic nitrogens is 3. The third kappa shape index (κ3) is 5.49. The Balaban J connectivity index is 1.40. The van der Waals surface area contributed by atoms with Gasteiger partial charge < -0.3 is 9.88 Å². The van der Waals surface area contributed by atoms with Gasteiger partial charge >= 0.3 is 0 Å². The molecule has 4 rings (SSSR count). The van der Waals surface area contributed by atoms with Crippen molar-refractivity contribution in [3.05, 3.63) is 63.9 Å². The van der Waals surface area contributed by atoms with Gasteiger partial charge in [-0.15, -0.1) is 21.5 Å². The fourth-order valence-corrected chi connectivity index (χ4v) is 5.34. The van der Waals surface area contributed by atoms with Crippen LogP contribution in [0.2, 0.25) is 0 Å². The van der Waals surface area contributed by atoms with Crippen molar-refractivity contribution in [3.8, 4) is 0 Å². The number of thioether (sulfide) groups is 1. The molecule has 2 heterocycles. The summed E-state index contributed by atoms with van der Waals surface area (Å²) in [6.07, 6.45) is 6.79. The van der Waals surface area contributed by atoms with Crippen LogP contribution in [0.15, 0.2) is 46.9 Å². The average Bonchev–Trinajstić information content (AvgIpc) is 3.43.